The average molecular weight is 53.7 g/mol. The Morgan fingerprint density at radius 3 is 2.00 bits per heavy atom. The van der Waals surface area contributed by atoms with E-state index in [1.807, 2.05) is 0 Å². The molecule has 20 valence electrons. The van der Waals surface area contributed by atoms with Gasteiger partial charge in [0.15, 0.2) is 0 Å². The van der Waals surface area contributed by atoms with Crippen LogP contribution >= 0.6 is 0 Å². The largest absolute Gasteiger partial charge is 0.460 e. The van der Waals surface area contributed by atoms with E-state index in [2.05, 4.69) is 7.74 Å². The Balaban J connectivity index is 2.32. The van der Waals surface area contributed by atoms with Crippen LogP contribution < -0.4 is 0 Å². The summed E-state index contributed by atoms with van der Waals surface area (Å²) in [5, 5.41) is 7.83. The average Bonchev–Trinajstić information content (AvgIpc) is 0.811. The fraction of sp³-hybridized carbons (Fsp3) is 1.00. The van der Waals surface area contributed by atoms with E-state index in [0.29, 0.717) is 0 Å². The maximum absolute atomic E-state index is 7.83. The summed E-state index contributed by atoms with van der Waals surface area (Å²) in [6.07, 6.45) is 0. The van der Waals surface area contributed by atoms with E-state index in [4.69, 9.17) is 5.02 Å². The molecule has 0 heterocycles. The normalized spacial score (nSPS) is 6.50. The first-order chi connectivity index (χ1) is 1.73. The third kappa shape index (κ3) is 307. The van der Waals surface area contributed by atoms with Crippen molar-refractivity contribution in [1.82, 2.24) is 0 Å². The van der Waals surface area contributed by atoms with Crippen molar-refractivity contribution < 1.29 is 5.02 Å². The molecule has 0 fully saturated rings. The molecule has 1 nitrogen and oxygen atoms in total. The van der Waals surface area contributed by atoms with E-state index in [0.717, 1.165) is 0 Å². The van der Waals surface area contributed by atoms with E-state index in [-0.39, 0.29) is 0 Å². The Labute approximate surface area is 27.5 Å². The van der Waals surface area contributed by atoms with Crippen LogP contribution in [0.1, 0.15) is 0 Å². The monoisotopic (exact) mass is 54.0 g/mol. The van der Waals surface area contributed by atoms with E-state index >= 15 is 0 Å². The molecule has 0 aromatic carbocycles. The standard InChI is InChI=1S/CH4B2O/c1-3(2)4/h4H,1H3. The van der Waals surface area contributed by atoms with Crippen molar-refractivity contribution in [2.24, 2.45) is 0 Å². The van der Waals surface area contributed by atoms with Crippen LogP contribution in [0.2, 0.25) is 6.82 Å². The SMILES string of the molecule is [B]B(C)O. The smallest absolute Gasteiger partial charge is 0.229 e. The first kappa shape index (κ1) is 4.09. The zero-order valence-electron chi connectivity index (χ0n) is 2.60. The van der Waals surface area contributed by atoms with Crippen LogP contribution in [0.4, 0.5) is 0 Å². The Morgan fingerprint density at radius 1 is 2.00 bits per heavy atom. The molecule has 0 aliphatic heterocycles. The van der Waals surface area contributed by atoms with E-state index < -0.39 is 6.81 Å². The Kier molecular flexibility index (Phi) is 1.45. The molecule has 0 aliphatic carbocycles. The molecule has 0 amide bonds. The lowest BCUT2D eigenvalue weighted by Crippen LogP contribution is -2.02. The highest BCUT2D eigenvalue weighted by atomic mass is 16.2. The Morgan fingerprint density at radius 2 is 2.00 bits per heavy atom. The van der Waals surface area contributed by atoms with Crippen LogP contribution in [-0.2, 0) is 0 Å². The van der Waals surface area contributed by atoms with Gasteiger partial charge in [-0.3, -0.25) is 0 Å². The molecular weight excluding hydrogens is 49.6 g/mol. The second-order valence-electron chi connectivity index (χ2n) is 0.741. The van der Waals surface area contributed by atoms with E-state index in [1.165, 1.54) is 6.82 Å². The van der Waals surface area contributed by atoms with Crippen molar-refractivity contribution in [2.45, 2.75) is 6.82 Å². The highest BCUT2D eigenvalue weighted by Crippen LogP contribution is 1.50. The first-order valence-electron chi connectivity index (χ1n) is 1.17. The van der Waals surface area contributed by atoms with Gasteiger partial charge in [-0.15, -0.1) is 0 Å². The third-order valence-electron chi connectivity index (χ3n) is 0. The summed E-state index contributed by atoms with van der Waals surface area (Å²) in [6.45, 7) is 0.833. The van der Waals surface area contributed by atoms with Gasteiger partial charge in [0.1, 0.15) is 0 Å². The molecular formula is CH4B2O. The Bertz CT molecular complexity index is 10.8. The van der Waals surface area contributed by atoms with E-state index in [9.17, 15) is 0 Å². The van der Waals surface area contributed by atoms with Gasteiger partial charge in [-0.2, -0.15) is 0 Å². The summed E-state index contributed by atoms with van der Waals surface area (Å²) in [4.78, 5) is 0. The molecule has 4 heavy (non-hydrogen) atoms. The van der Waals surface area contributed by atoms with Crippen molar-refractivity contribution >= 4 is 14.5 Å². The van der Waals surface area contributed by atoms with Crippen molar-refractivity contribution in [2.75, 3.05) is 0 Å². The predicted molar refractivity (Wildman–Crippen MR) is 19.6 cm³/mol. The second kappa shape index (κ2) is 1.41. The topological polar surface area (TPSA) is 20.2 Å². The van der Waals surface area contributed by atoms with Crippen LogP contribution in [0.3, 0.4) is 0 Å². The summed E-state index contributed by atoms with van der Waals surface area (Å²) in [5.74, 6) is 0. The predicted octanol–water partition coefficient (Wildman–Crippen LogP) is -0.735. The van der Waals surface area contributed by atoms with Crippen LogP contribution in [0.15, 0.2) is 0 Å². The molecule has 0 spiro atoms. The second-order valence-corrected chi connectivity index (χ2v) is 0.741. The Hall–Kier alpha value is 0.0899. The number of hydrogen-bond donors (Lipinski definition) is 1. The molecule has 0 atom stereocenters. The quantitative estimate of drug-likeness (QED) is 0.361. The molecule has 3 heteroatoms. The van der Waals surface area contributed by atoms with Crippen LogP contribution in [-0.4, -0.2) is 19.6 Å². The van der Waals surface area contributed by atoms with Crippen molar-refractivity contribution in [1.29, 1.82) is 0 Å². The fourth-order valence-corrected chi connectivity index (χ4v) is 0. The highest BCUT2D eigenvalue weighted by molar-refractivity contribution is 6.97. The lowest BCUT2D eigenvalue weighted by Gasteiger charge is -1.72. The van der Waals surface area contributed by atoms with Gasteiger partial charge in [0.2, 0.25) is 6.81 Å². The van der Waals surface area contributed by atoms with Gasteiger partial charge in [0.05, 0.1) is 7.74 Å². The van der Waals surface area contributed by atoms with Crippen LogP contribution in [0.5, 0.6) is 0 Å². The number of rotatable bonds is 0. The third-order valence-corrected chi connectivity index (χ3v) is 0. The van der Waals surface area contributed by atoms with Gasteiger partial charge >= 0.3 is 0 Å². The van der Waals surface area contributed by atoms with Gasteiger partial charge in [0.25, 0.3) is 0 Å². The molecule has 2 radical (unpaired) electrons. The summed E-state index contributed by atoms with van der Waals surface area (Å²) in [7, 11) is 4.67. The van der Waals surface area contributed by atoms with Crippen molar-refractivity contribution in [3.05, 3.63) is 0 Å². The minimum absolute atomic E-state index is 0.667. The van der Waals surface area contributed by atoms with Crippen LogP contribution in [0.25, 0.3) is 0 Å². The maximum atomic E-state index is 7.83. The molecule has 0 unspecified atom stereocenters. The molecule has 0 aromatic heterocycles. The first-order valence-corrected chi connectivity index (χ1v) is 1.17. The van der Waals surface area contributed by atoms with Crippen molar-refractivity contribution in [3.8, 4) is 0 Å². The molecule has 0 bridgehead atoms. The molecule has 0 aromatic rings. The molecule has 0 saturated carbocycles. The summed E-state index contributed by atoms with van der Waals surface area (Å²) in [6, 6.07) is 0. The summed E-state index contributed by atoms with van der Waals surface area (Å²) in [5.41, 5.74) is 0. The van der Waals surface area contributed by atoms with Crippen molar-refractivity contribution in [3.63, 3.8) is 0 Å². The zero-order valence-corrected chi connectivity index (χ0v) is 2.60. The highest BCUT2D eigenvalue weighted by Gasteiger charge is 1.79. The van der Waals surface area contributed by atoms with Gasteiger partial charge in [-0.25, -0.2) is 0 Å². The summed E-state index contributed by atoms with van der Waals surface area (Å²) >= 11 is 0. The summed E-state index contributed by atoms with van der Waals surface area (Å²) < 4.78 is 0. The minimum Gasteiger partial charge on any atom is -0.460 e. The fourth-order valence-electron chi connectivity index (χ4n) is 0. The van der Waals surface area contributed by atoms with Gasteiger partial charge < -0.3 is 5.02 Å². The molecule has 0 saturated heterocycles. The molecule has 1 N–H and O–H groups in total. The molecule has 0 aliphatic rings. The zero-order chi connectivity index (χ0) is 3.58. The van der Waals surface area contributed by atoms with Crippen LogP contribution in [0, 0.1) is 0 Å². The molecule has 0 rings (SSSR count). The lowest BCUT2D eigenvalue weighted by molar-refractivity contribution is 0.601. The number of hydrogen-bond acceptors (Lipinski definition) is 1. The van der Waals surface area contributed by atoms with Gasteiger partial charge in [-0.1, -0.05) is 6.82 Å². The van der Waals surface area contributed by atoms with Gasteiger partial charge in [-0.05, 0) is 0 Å². The van der Waals surface area contributed by atoms with Gasteiger partial charge in [0, 0.05) is 0 Å². The lowest BCUT2D eigenvalue weighted by atomic mass is 9.50. The minimum atomic E-state index is -0.667. The maximum Gasteiger partial charge on any atom is 0.229 e. The van der Waals surface area contributed by atoms with E-state index in [1.54, 1.807) is 0 Å².